The lowest BCUT2D eigenvalue weighted by molar-refractivity contribution is -0.114. The van der Waals surface area contributed by atoms with E-state index in [1.165, 1.54) is 6.08 Å². The van der Waals surface area contributed by atoms with Crippen LogP contribution < -0.4 is 9.91 Å². The van der Waals surface area contributed by atoms with Crippen molar-refractivity contribution in [3.8, 4) is 22.4 Å². The molecule has 2 aromatic carbocycles. The number of nitrogens with one attached hydrogen (secondary N) is 1. The predicted molar refractivity (Wildman–Crippen MR) is 140 cm³/mol. The molecule has 7 heteroatoms. The van der Waals surface area contributed by atoms with Gasteiger partial charge >= 0.3 is 0 Å². The van der Waals surface area contributed by atoms with Crippen LogP contribution in [-0.4, -0.2) is 48.6 Å². The minimum absolute atomic E-state index is 0.0876. The van der Waals surface area contributed by atoms with Gasteiger partial charge in [-0.1, -0.05) is 42.4 Å². The second kappa shape index (κ2) is 8.63. The van der Waals surface area contributed by atoms with Gasteiger partial charge in [0.15, 0.2) is 0 Å². The van der Waals surface area contributed by atoms with Gasteiger partial charge in [-0.05, 0) is 53.5 Å². The van der Waals surface area contributed by atoms with Gasteiger partial charge in [-0.2, -0.15) is 0 Å². The molecular weight excluding hydrogens is 446 g/mol. The highest BCUT2D eigenvalue weighted by Crippen LogP contribution is 2.43. The summed E-state index contributed by atoms with van der Waals surface area (Å²) in [5.41, 5.74) is 7.81. The van der Waals surface area contributed by atoms with Gasteiger partial charge in [-0.15, -0.1) is 0 Å². The van der Waals surface area contributed by atoms with E-state index in [0.29, 0.717) is 11.6 Å². The largest absolute Gasteiger partial charge is 0.339 e. The third-order valence-electron chi connectivity index (χ3n) is 6.48. The van der Waals surface area contributed by atoms with Crippen LogP contribution in [0.25, 0.3) is 33.4 Å². The quantitative estimate of drug-likeness (QED) is 0.307. The molecule has 1 aliphatic heterocycles. The van der Waals surface area contributed by atoms with Crippen molar-refractivity contribution in [2.45, 2.75) is 6.42 Å². The van der Waals surface area contributed by atoms with E-state index >= 15 is 0 Å². The molecule has 0 saturated carbocycles. The number of pyridine rings is 1. The van der Waals surface area contributed by atoms with Crippen molar-refractivity contribution in [1.29, 1.82) is 0 Å². The van der Waals surface area contributed by atoms with E-state index in [1.54, 1.807) is 17.2 Å². The predicted octanol–water partition coefficient (Wildman–Crippen LogP) is 5.54. The van der Waals surface area contributed by atoms with Gasteiger partial charge in [0.05, 0.1) is 16.4 Å². The van der Waals surface area contributed by atoms with Crippen LogP contribution in [0.5, 0.6) is 0 Å². The molecule has 1 amide bonds. The lowest BCUT2D eigenvalue weighted by atomic mass is 9.97. The van der Waals surface area contributed by atoms with Crippen molar-refractivity contribution in [1.82, 2.24) is 15.0 Å². The summed E-state index contributed by atoms with van der Waals surface area (Å²) < 4.78 is 0. The first-order valence-electron chi connectivity index (χ1n) is 11.1. The molecule has 2 aromatic heterocycles. The fourth-order valence-electron chi connectivity index (χ4n) is 4.53. The Morgan fingerprint density at radius 1 is 1.12 bits per heavy atom. The topological polar surface area (TPSA) is 55.5 Å². The van der Waals surface area contributed by atoms with Crippen LogP contribution in [0.4, 0.5) is 11.4 Å². The molecule has 4 aromatic rings. The standard InChI is InChI=1S/C27H26ClN5O/c1-5-23(34)33-15-13-17-6-7-19(16-22(17)33)24-25-21(28)12-14-29-27(25)30-26(24)18-8-10-20(11-9-18)32(4)31(2)3/h5-12,14,16H,1,13,15H2,2-4H3,(H,29,30). The number of nitrogens with zero attached hydrogens (tertiary/aromatic N) is 4. The minimum Gasteiger partial charge on any atom is -0.339 e. The van der Waals surface area contributed by atoms with Gasteiger partial charge in [-0.25, -0.2) is 9.99 Å². The lowest BCUT2D eigenvalue weighted by Gasteiger charge is -2.26. The molecule has 0 bridgehead atoms. The summed E-state index contributed by atoms with van der Waals surface area (Å²) in [4.78, 5) is 22.2. The van der Waals surface area contributed by atoms with E-state index in [2.05, 4.69) is 64.0 Å². The van der Waals surface area contributed by atoms with E-state index in [-0.39, 0.29) is 5.91 Å². The molecule has 5 rings (SSSR count). The summed E-state index contributed by atoms with van der Waals surface area (Å²) in [7, 11) is 6.03. The van der Waals surface area contributed by atoms with Crippen molar-refractivity contribution >= 4 is 39.9 Å². The number of hydrogen-bond acceptors (Lipinski definition) is 4. The molecule has 0 spiro atoms. The maximum absolute atomic E-state index is 12.4. The van der Waals surface area contributed by atoms with E-state index in [4.69, 9.17) is 11.6 Å². The van der Waals surface area contributed by atoms with Gasteiger partial charge in [-0.3, -0.25) is 4.79 Å². The molecule has 6 nitrogen and oxygen atoms in total. The van der Waals surface area contributed by atoms with Crippen molar-refractivity contribution in [3.63, 3.8) is 0 Å². The average molecular weight is 472 g/mol. The Balaban J connectivity index is 1.69. The number of rotatable bonds is 5. The second-order valence-electron chi connectivity index (χ2n) is 8.60. The van der Waals surface area contributed by atoms with Gasteiger partial charge in [0, 0.05) is 50.5 Å². The number of hydrazine groups is 1. The van der Waals surface area contributed by atoms with E-state index < -0.39 is 0 Å². The fraction of sp³-hybridized carbons (Fsp3) is 0.185. The zero-order valence-electron chi connectivity index (χ0n) is 19.5. The molecule has 0 aliphatic carbocycles. The van der Waals surface area contributed by atoms with Crippen molar-refractivity contribution in [2.75, 3.05) is 37.6 Å². The SMILES string of the molecule is C=CC(=O)N1CCc2ccc(-c3c(-c4ccc(N(C)N(C)C)cc4)[nH]c4nccc(Cl)c34)cc21. The number of anilines is 2. The smallest absolute Gasteiger partial charge is 0.250 e. The minimum atomic E-state index is -0.0876. The first-order chi connectivity index (χ1) is 16.4. The van der Waals surface area contributed by atoms with E-state index in [9.17, 15) is 4.79 Å². The Labute approximate surface area is 204 Å². The normalized spacial score (nSPS) is 12.9. The maximum Gasteiger partial charge on any atom is 0.250 e. The van der Waals surface area contributed by atoms with Crippen LogP contribution in [0.15, 0.2) is 67.4 Å². The number of aromatic amines is 1. The summed E-state index contributed by atoms with van der Waals surface area (Å²) in [6.45, 7) is 4.32. The van der Waals surface area contributed by atoms with E-state index in [0.717, 1.165) is 56.8 Å². The summed E-state index contributed by atoms with van der Waals surface area (Å²) in [5, 5.41) is 5.59. The monoisotopic (exact) mass is 471 g/mol. The van der Waals surface area contributed by atoms with Crippen molar-refractivity contribution in [3.05, 3.63) is 78.0 Å². The van der Waals surface area contributed by atoms with Gasteiger partial charge in [0.1, 0.15) is 5.65 Å². The lowest BCUT2D eigenvalue weighted by Crippen LogP contribution is -2.32. The van der Waals surface area contributed by atoms with Crippen LogP contribution in [0, 0.1) is 0 Å². The van der Waals surface area contributed by atoms with Gasteiger partial charge in [0.2, 0.25) is 5.91 Å². The number of hydrogen-bond donors (Lipinski definition) is 1. The number of carbonyl (C=O) groups excluding carboxylic acids is 1. The highest BCUT2D eigenvalue weighted by Gasteiger charge is 2.25. The number of H-pyrrole nitrogens is 1. The molecule has 0 radical (unpaired) electrons. The molecule has 0 unspecified atom stereocenters. The Bertz CT molecular complexity index is 1410. The molecule has 3 heterocycles. The highest BCUT2D eigenvalue weighted by molar-refractivity contribution is 6.36. The maximum atomic E-state index is 12.4. The average Bonchev–Trinajstić information content (AvgIpc) is 3.45. The first kappa shape index (κ1) is 22.2. The van der Waals surface area contributed by atoms with Crippen LogP contribution in [0.1, 0.15) is 5.56 Å². The van der Waals surface area contributed by atoms with Gasteiger partial charge in [0.25, 0.3) is 0 Å². The summed E-state index contributed by atoms with van der Waals surface area (Å²) in [5.74, 6) is -0.0876. The zero-order chi connectivity index (χ0) is 24.0. The van der Waals surface area contributed by atoms with Crippen LogP contribution in [0.3, 0.4) is 0 Å². The van der Waals surface area contributed by atoms with Crippen LogP contribution in [0.2, 0.25) is 5.02 Å². The highest BCUT2D eigenvalue weighted by atomic mass is 35.5. The first-order valence-corrected chi connectivity index (χ1v) is 11.5. The molecule has 0 fully saturated rings. The molecule has 34 heavy (non-hydrogen) atoms. The second-order valence-corrected chi connectivity index (χ2v) is 9.00. The Kier molecular flexibility index (Phi) is 5.63. The number of fused-ring (bicyclic) bond motifs is 2. The number of benzene rings is 2. The summed E-state index contributed by atoms with van der Waals surface area (Å²) in [6.07, 6.45) is 3.90. The zero-order valence-corrected chi connectivity index (χ0v) is 20.2. The number of aromatic nitrogens is 2. The number of amides is 1. The molecular formula is C27H26ClN5O. The molecule has 0 saturated heterocycles. The van der Waals surface area contributed by atoms with Gasteiger partial charge < -0.3 is 14.9 Å². The Hall–Kier alpha value is -3.61. The molecule has 172 valence electrons. The molecule has 1 N–H and O–H groups in total. The summed E-state index contributed by atoms with van der Waals surface area (Å²) in [6, 6.07) is 16.5. The van der Waals surface area contributed by atoms with Crippen molar-refractivity contribution in [2.24, 2.45) is 0 Å². The van der Waals surface area contributed by atoms with Crippen LogP contribution >= 0.6 is 11.6 Å². The third kappa shape index (κ3) is 3.65. The van der Waals surface area contributed by atoms with E-state index in [1.807, 2.05) is 26.2 Å². The Morgan fingerprint density at radius 2 is 1.85 bits per heavy atom. The fourth-order valence-corrected chi connectivity index (χ4v) is 4.77. The number of halogens is 1. The molecule has 1 aliphatic rings. The molecule has 0 atom stereocenters. The Morgan fingerprint density at radius 3 is 2.56 bits per heavy atom. The third-order valence-corrected chi connectivity index (χ3v) is 6.80. The van der Waals surface area contributed by atoms with Crippen LogP contribution in [-0.2, 0) is 11.2 Å². The number of carbonyl (C=O) groups is 1. The summed E-state index contributed by atoms with van der Waals surface area (Å²) >= 11 is 6.68. The van der Waals surface area contributed by atoms with Crippen molar-refractivity contribution < 1.29 is 4.79 Å².